The highest BCUT2D eigenvalue weighted by Gasteiger charge is 2.30. The van der Waals surface area contributed by atoms with Crippen molar-refractivity contribution in [3.63, 3.8) is 0 Å². The summed E-state index contributed by atoms with van der Waals surface area (Å²) in [5.74, 6) is 0.0943. The molecule has 0 aromatic rings. The average Bonchev–Trinajstić information content (AvgIpc) is 3.43. The van der Waals surface area contributed by atoms with Crippen LogP contribution in [-0.2, 0) is 65.4 Å². The minimum absolute atomic E-state index is 0.104. The van der Waals surface area contributed by atoms with E-state index in [4.69, 9.17) is 37.0 Å². The van der Waals surface area contributed by atoms with Crippen LogP contribution in [0, 0.1) is 17.8 Å². The molecule has 0 radical (unpaired) electrons. The maximum absolute atomic E-state index is 13.0. The number of rotatable bonds is 70. The monoisotopic (exact) mass is 1340 g/mol. The molecule has 0 rings (SSSR count). The van der Waals surface area contributed by atoms with Gasteiger partial charge in [-0.1, -0.05) is 312 Å². The molecule has 0 bridgehead atoms. The number of carbonyl (C=O) groups is 4. The van der Waals surface area contributed by atoms with Crippen LogP contribution < -0.4 is 0 Å². The fraction of sp³-hybridized carbons (Fsp3) is 0.944. The van der Waals surface area contributed by atoms with E-state index in [1.807, 2.05) is 0 Å². The predicted molar refractivity (Wildman–Crippen MR) is 368 cm³/mol. The normalized spacial score (nSPS) is 14.5. The second-order valence-electron chi connectivity index (χ2n) is 27.2. The first-order chi connectivity index (χ1) is 43.8. The molecule has 91 heavy (non-hydrogen) atoms. The molecule has 6 atom stereocenters. The summed E-state index contributed by atoms with van der Waals surface area (Å²) in [5.41, 5.74) is 0. The van der Waals surface area contributed by atoms with Crippen LogP contribution >= 0.6 is 15.6 Å². The summed E-state index contributed by atoms with van der Waals surface area (Å²) >= 11 is 0. The van der Waals surface area contributed by atoms with Crippen molar-refractivity contribution in [2.24, 2.45) is 17.8 Å². The van der Waals surface area contributed by atoms with E-state index >= 15 is 0 Å². The second-order valence-corrected chi connectivity index (χ2v) is 30.1. The molecule has 0 aromatic heterocycles. The van der Waals surface area contributed by atoms with Gasteiger partial charge in [-0.3, -0.25) is 37.3 Å². The Morgan fingerprint density at radius 1 is 0.319 bits per heavy atom. The lowest BCUT2D eigenvalue weighted by Gasteiger charge is -2.21. The van der Waals surface area contributed by atoms with Crippen molar-refractivity contribution in [2.75, 3.05) is 39.6 Å². The molecule has 0 heterocycles. The molecular formula is C72H140O17P2. The summed E-state index contributed by atoms with van der Waals surface area (Å²) in [6.07, 6.45) is 47.3. The highest BCUT2D eigenvalue weighted by Crippen LogP contribution is 2.45. The number of ether oxygens (including phenoxy) is 4. The standard InChI is InChI=1S/C72H140O17P2/c1-8-10-11-12-13-14-15-16-17-18-19-22-26-32-41-48-55-71(76)88-67(59-82-69(74)53-46-39-31-25-23-20-21-24-29-36-43-50-63(3)4)61-86-90(78,79)84-57-66(73)58-85-91(80,81)87-62-68(60-83-70(75)54-47-40-35-34-37-44-51-64(5)6)89-72(77)56-49-42-33-28-27-30-38-45-52-65(7)9-2/h63-68,73H,8-62H2,1-7H3,(H,78,79)(H,80,81)/t65?,66-,67-,68-/m1/s1. The number of hydrogen-bond donors (Lipinski definition) is 3. The molecule has 540 valence electrons. The van der Waals surface area contributed by atoms with Gasteiger partial charge in [-0.15, -0.1) is 0 Å². The Balaban J connectivity index is 5.25. The van der Waals surface area contributed by atoms with Gasteiger partial charge in [-0.05, 0) is 43.4 Å². The zero-order valence-electron chi connectivity index (χ0n) is 59.3. The van der Waals surface area contributed by atoms with Crippen LogP contribution in [0.15, 0.2) is 0 Å². The summed E-state index contributed by atoms with van der Waals surface area (Å²) < 4.78 is 68.3. The van der Waals surface area contributed by atoms with Gasteiger partial charge in [0.2, 0.25) is 0 Å². The summed E-state index contributed by atoms with van der Waals surface area (Å²) in [5, 5.41) is 10.6. The summed E-state index contributed by atoms with van der Waals surface area (Å²) in [6.45, 7) is 11.8. The van der Waals surface area contributed by atoms with E-state index in [1.165, 1.54) is 167 Å². The Morgan fingerprint density at radius 3 is 0.835 bits per heavy atom. The van der Waals surface area contributed by atoms with Crippen LogP contribution in [0.1, 0.15) is 363 Å². The predicted octanol–water partition coefficient (Wildman–Crippen LogP) is 20.6. The molecule has 0 aliphatic heterocycles. The fourth-order valence-electron chi connectivity index (χ4n) is 10.9. The van der Waals surface area contributed by atoms with Crippen LogP contribution in [0.4, 0.5) is 0 Å². The molecule has 0 aliphatic rings. The molecule has 0 aliphatic carbocycles. The van der Waals surface area contributed by atoms with Crippen LogP contribution in [0.3, 0.4) is 0 Å². The third kappa shape index (κ3) is 65.1. The molecule has 0 fully saturated rings. The Kier molecular flexibility index (Phi) is 61.5. The van der Waals surface area contributed by atoms with E-state index in [9.17, 15) is 43.2 Å². The number of phosphoric ester groups is 2. The zero-order valence-corrected chi connectivity index (χ0v) is 61.1. The number of aliphatic hydroxyl groups excluding tert-OH is 1. The number of carbonyl (C=O) groups excluding carboxylic acids is 4. The topological polar surface area (TPSA) is 237 Å². The van der Waals surface area contributed by atoms with E-state index < -0.39 is 97.5 Å². The molecule has 0 spiro atoms. The molecule has 0 aromatic carbocycles. The lowest BCUT2D eigenvalue weighted by atomic mass is 9.99. The van der Waals surface area contributed by atoms with Gasteiger partial charge in [0.15, 0.2) is 12.2 Å². The first-order valence-electron chi connectivity index (χ1n) is 37.4. The summed E-state index contributed by atoms with van der Waals surface area (Å²) in [4.78, 5) is 72.6. The highest BCUT2D eigenvalue weighted by atomic mass is 31.2. The van der Waals surface area contributed by atoms with Crippen LogP contribution in [0.2, 0.25) is 0 Å². The fourth-order valence-corrected chi connectivity index (χ4v) is 12.4. The van der Waals surface area contributed by atoms with Gasteiger partial charge in [-0.2, -0.15) is 0 Å². The van der Waals surface area contributed by atoms with Crippen molar-refractivity contribution in [1.29, 1.82) is 0 Å². The second kappa shape index (κ2) is 62.8. The average molecular weight is 1340 g/mol. The lowest BCUT2D eigenvalue weighted by Crippen LogP contribution is -2.30. The van der Waals surface area contributed by atoms with Crippen molar-refractivity contribution in [3.8, 4) is 0 Å². The van der Waals surface area contributed by atoms with Crippen molar-refractivity contribution >= 4 is 39.5 Å². The first-order valence-corrected chi connectivity index (χ1v) is 40.4. The van der Waals surface area contributed by atoms with Gasteiger partial charge in [0.1, 0.15) is 19.3 Å². The van der Waals surface area contributed by atoms with Gasteiger partial charge in [0.25, 0.3) is 0 Å². The molecular weight excluding hydrogens is 1200 g/mol. The molecule has 0 saturated heterocycles. The Bertz CT molecular complexity index is 1790. The van der Waals surface area contributed by atoms with Crippen LogP contribution in [-0.4, -0.2) is 96.7 Å². The lowest BCUT2D eigenvalue weighted by molar-refractivity contribution is -0.161. The van der Waals surface area contributed by atoms with Crippen LogP contribution in [0.5, 0.6) is 0 Å². The van der Waals surface area contributed by atoms with Gasteiger partial charge < -0.3 is 33.8 Å². The molecule has 3 unspecified atom stereocenters. The van der Waals surface area contributed by atoms with Gasteiger partial charge in [-0.25, -0.2) is 9.13 Å². The third-order valence-corrected chi connectivity index (χ3v) is 18.9. The Labute approximate surface area is 556 Å². The maximum atomic E-state index is 13.0. The van der Waals surface area contributed by atoms with E-state index in [0.717, 1.165) is 108 Å². The maximum Gasteiger partial charge on any atom is 0.472 e. The number of esters is 4. The first kappa shape index (κ1) is 89.1. The van der Waals surface area contributed by atoms with E-state index in [0.29, 0.717) is 31.6 Å². The molecule has 0 saturated carbocycles. The van der Waals surface area contributed by atoms with Crippen molar-refractivity contribution in [1.82, 2.24) is 0 Å². The van der Waals surface area contributed by atoms with Gasteiger partial charge in [0, 0.05) is 25.7 Å². The number of hydrogen-bond acceptors (Lipinski definition) is 15. The quantitative estimate of drug-likeness (QED) is 0.0222. The van der Waals surface area contributed by atoms with E-state index in [-0.39, 0.29) is 25.7 Å². The minimum atomic E-state index is -4.95. The minimum Gasteiger partial charge on any atom is -0.462 e. The smallest absolute Gasteiger partial charge is 0.462 e. The SMILES string of the molecule is CCCCCCCCCCCCCCCCCCC(=O)O[C@H](COC(=O)CCCCCCCCCCCCCC(C)C)COP(=O)(O)OC[C@@H](O)COP(=O)(O)OC[C@@H](COC(=O)CCCCCCCCC(C)C)OC(=O)CCCCCCCCCCC(C)CC. The van der Waals surface area contributed by atoms with Crippen LogP contribution in [0.25, 0.3) is 0 Å². The zero-order chi connectivity index (χ0) is 67.3. The van der Waals surface area contributed by atoms with E-state index in [1.54, 1.807) is 0 Å². The number of unbranched alkanes of at least 4 members (excludes halogenated alkanes) is 37. The van der Waals surface area contributed by atoms with E-state index in [2.05, 4.69) is 48.5 Å². The van der Waals surface area contributed by atoms with Crippen molar-refractivity contribution < 1.29 is 80.2 Å². The Hall–Kier alpha value is -1.94. The molecule has 3 N–H and O–H groups in total. The van der Waals surface area contributed by atoms with Crippen molar-refractivity contribution in [3.05, 3.63) is 0 Å². The molecule has 17 nitrogen and oxygen atoms in total. The Morgan fingerprint density at radius 2 is 0.560 bits per heavy atom. The van der Waals surface area contributed by atoms with Crippen molar-refractivity contribution in [2.45, 2.75) is 381 Å². The summed E-state index contributed by atoms with van der Waals surface area (Å²) in [7, 11) is -9.90. The summed E-state index contributed by atoms with van der Waals surface area (Å²) in [6, 6.07) is 0. The largest absolute Gasteiger partial charge is 0.472 e. The highest BCUT2D eigenvalue weighted by molar-refractivity contribution is 7.47. The van der Waals surface area contributed by atoms with Gasteiger partial charge >= 0.3 is 39.5 Å². The molecule has 0 amide bonds. The number of phosphoric acid groups is 2. The van der Waals surface area contributed by atoms with Gasteiger partial charge in [0.05, 0.1) is 26.4 Å². The number of aliphatic hydroxyl groups is 1. The third-order valence-electron chi connectivity index (χ3n) is 17.0. The molecule has 19 heteroatoms.